The topological polar surface area (TPSA) is 70.1 Å². The molecule has 1 aromatic heterocycles. The summed E-state index contributed by atoms with van der Waals surface area (Å²) in [4.78, 5) is 8.59. The van der Waals surface area contributed by atoms with E-state index in [1.165, 1.54) is 0 Å². The van der Waals surface area contributed by atoms with E-state index in [1.807, 2.05) is 27.8 Å². The summed E-state index contributed by atoms with van der Waals surface area (Å²) in [6.45, 7) is 6.26. The summed E-state index contributed by atoms with van der Waals surface area (Å²) in [5.41, 5.74) is 0.969. The first-order valence-electron chi connectivity index (χ1n) is 5.53. The molecule has 0 aliphatic carbocycles. The number of aliphatic hydroxyl groups excluding tert-OH is 1. The summed E-state index contributed by atoms with van der Waals surface area (Å²) < 4.78 is 0. The minimum atomic E-state index is -0.340. The standard InChI is InChI=1S/C11H20N4O/c1-5-9(16)6-13-11-7(2)10(12-4)14-8(3)15-11/h9,16H,5-6H2,1-4H3,(H2,12,13,14,15). The fourth-order valence-corrected chi connectivity index (χ4v) is 1.40. The van der Waals surface area contributed by atoms with Crippen molar-refractivity contribution in [2.24, 2.45) is 0 Å². The normalized spacial score (nSPS) is 12.3. The lowest BCUT2D eigenvalue weighted by Gasteiger charge is -2.14. The average molecular weight is 224 g/mol. The van der Waals surface area contributed by atoms with Crippen LogP contribution in [0.4, 0.5) is 11.6 Å². The molecule has 0 fully saturated rings. The molecule has 0 aliphatic heterocycles. The second-order valence-electron chi connectivity index (χ2n) is 3.79. The van der Waals surface area contributed by atoms with Gasteiger partial charge in [0.05, 0.1) is 6.10 Å². The van der Waals surface area contributed by atoms with Crippen molar-refractivity contribution in [1.82, 2.24) is 9.97 Å². The molecule has 0 aromatic carbocycles. The van der Waals surface area contributed by atoms with Crippen LogP contribution >= 0.6 is 0 Å². The van der Waals surface area contributed by atoms with Gasteiger partial charge in [-0.3, -0.25) is 0 Å². The summed E-state index contributed by atoms with van der Waals surface area (Å²) in [6.07, 6.45) is 0.391. The first-order chi connectivity index (χ1) is 7.58. The number of aryl methyl sites for hydroxylation is 1. The van der Waals surface area contributed by atoms with Gasteiger partial charge in [0.25, 0.3) is 0 Å². The predicted molar refractivity (Wildman–Crippen MR) is 65.8 cm³/mol. The Morgan fingerprint density at radius 2 is 1.88 bits per heavy atom. The van der Waals surface area contributed by atoms with Gasteiger partial charge in [0.1, 0.15) is 17.5 Å². The van der Waals surface area contributed by atoms with Gasteiger partial charge >= 0.3 is 0 Å². The highest BCUT2D eigenvalue weighted by Crippen LogP contribution is 2.19. The third kappa shape index (κ3) is 3.06. The molecule has 0 saturated heterocycles. The van der Waals surface area contributed by atoms with E-state index < -0.39 is 0 Å². The molecule has 0 bridgehead atoms. The molecule has 5 heteroatoms. The highest BCUT2D eigenvalue weighted by molar-refractivity contribution is 5.56. The predicted octanol–water partition coefficient (Wildman–Crippen LogP) is 1.32. The maximum absolute atomic E-state index is 9.48. The van der Waals surface area contributed by atoms with Crippen molar-refractivity contribution >= 4 is 11.6 Å². The number of nitrogens with zero attached hydrogens (tertiary/aromatic N) is 2. The Morgan fingerprint density at radius 1 is 1.25 bits per heavy atom. The van der Waals surface area contributed by atoms with Crippen LogP contribution in [-0.2, 0) is 0 Å². The Kier molecular flexibility index (Phi) is 4.49. The number of rotatable bonds is 5. The van der Waals surface area contributed by atoms with Crippen LogP contribution < -0.4 is 10.6 Å². The maximum Gasteiger partial charge on any atom is 0.134 e. The lowest BCUT2D eigenvalue weighted by Crippen LogP contribution is -2.20. The Hall–Kier alpha value is -1.36. The van der Waals surface area contributed by atoms with E-state index in [0.29, 0.717) is 12.4 Å². The summed E-state index contributed by atoms with van der Waals surface area (Å²) in [5, 5.41) is 15.6. The van der Waals surface area contributed by atoms with Gasteiger partial charge in [-0.2, -0.15) is 0 Å². The highest BCUT2D eigenvalue weighted by atomic mass is 16.3. The summed E-state index contributed by atoms with van der Waals surface area (Å²) in [6, 6.07) is 0. The van der Waals surface area contributed by atoms with E-state index in [1.54, 1.807) is 0 Å². The third-order valence-corrected chi connectivity index (χ3v) is 2.47. The monoisotopic (exact) mass is 224 g/mol. The van der Waals surface area contributed by atoms with Crippen LogP contribution in [-0.4, -0.2) is 34.8 Å². The number of aliphatic hydroxyl groups is 1. The Morgan fingerprint density at radius 3 is 2.44 bits per heavy atom. The van der Waals surface area contributed by atoms with Gasteiger partial charge in [-0.1, -0.05) is 6.92 Å². The molecule has 1 rings (SSSR count). The van der Waals surface area contributed by atoms with E-state index in [-0.39, 0.29) is 6.10 Å². The van der Waals surface area contributed by atoms with E-state index >= 15 is 0 Å². The molecule has 90 valence electrons. The number of hydrogen-bond donors (Lipinski definition) is 3. The van der Waals surface area contributed by atoms with Crippen molar-refractivity contribution in [2.75, 3.05) is 24.2 Å². The van der Waals surface area contributed by atoms with Crippen molar-refractivity contribution in [3.8, 4) is 0 Å². The van der Waals surface area contributed by atoms with E-state index in [4.69, 9.17) is 0 Å². The van der Waals surface area contributed by atoms with Crippen molar-refractivity contribution in [3.63, 3.8) is 0 Å². The molecule has 5 nitrogen and oxygen atoms in total. The molecule has 1 aromatic rings. The van der Waals surface area contributed by atoms with Gasteiger partial charge in [0, 0.05) is 19.2 Å². The maximum atomic E-state index is 9.48. The van der Waals surface area contributed by atoms with Gasteiger partial charge in [0.2, 0.25) is 0 Å². The fourth-order valence-electron chi connectivity index (χ4n) is 1.40. The minimum Gasteiger partial charge on any atom is -0.391 e. The summed E-state index contributed by atoms with van der Waals surface area (Å²) in [7, 11) is 1.83. The highest BCUT2D eigenvalue weighted by Gasteiger charge is 2.08. The molecule has 0 radical (unpaired) electrons. The SMILES string of the molecule is CCC(O)CNc1nc(C)nc(NC)c1C. The molecule has 0 spiro atoms. The third-order valence-electron chi connectivity index (χ3n) is 2.47. The van der Waals surface area contributed by atoms with E-state index in [0.717, 1.165) is 23.6 Å². The van der Waals surface area contributed by atoms with Crippen molar-refractivity contribution < 1.29 is 5.11 Å². The van der Waals surface area contributed by atoms with Crippen LogP contribution in [0.25, 0.3) is 0 Å². The van der Waals surface area contributed by atoms with Crippen molar-refractivity contribution in [1.29, 1.82) is 0 Å². The van der Waals surface area contributed by atoms with Gasteiger partial charge in [-0.15, -0.1) is 0 Å². The quantitative estimate of drug-likeness (QED) is 0.703. The average Bonchev–Trinajstić information content (AvgIpc) is 2.29. The molecular formula is C11H20N4O. The Balaban J connectivity index is 2.83. The molecular weight excluding hydrogens is 204 g/mol. The zero-order chi connectivity index (χ0) is 12.1. The first kappa shape index (κ1) is 12.7. The lowest BCUT2D eigenvalue weighted by molar-refractivity contribution is 0.183. The molecule has 1 unspecified atom stereocenters. The van der Waals surface area contributed by atoms with Crippen molar-refractivity contribution in [2.45, 2.75) is 33.3 Å². The van der Waals surface area contributed by atoms with Crippen molar-refractivity contribution in [3.05, 3.63) is 11.4 Å². The molecule has 0 saturated carbocycles. The van der Waals surface area contributed by atoms with E-state index in [9.17, 15) is 5.11 Å². The minimum absolute atomic E-state index is 0.340. The van der Waals surface area contributed by atoms with Crippen LogP contribution in [0.3, 0.4) is 0 Å². The summed E-state index contributed by atoms with van der Waals surface area (Å²) >= 11 is 0. The van der Waals surface area contributed by atoms with Crippen LogP contribution in [0.5, 0.6) is 0 Å². The molecule has 3 N–H and O–H groups in total. The Bertz CT molecular complexity index is 354. The number of aromatic nitrogens is 2. The van der Waals surface area contributed by atoms with Gasteiger partial charge in [-0.25, -0.2) is 9.97 Å². The second kappa shape index (κ2) is 5.65. The zero-order valence-corrected chi connectivity index (χ0v) is 10.3. The summed E-state index contributed by atoms with van der Waals surface area (Å²) in [5.74, 6) is 2.31. The molecule has 0 aliphatic rings. The van der Waals surface area contributed by atoms with Crippen LogP contribution in [0.1, 0.15) is 24.7 Å². The molecule has 0 amide bonds. The number of anilines is 2. The first-order valence-corrected chi connectivity index (χ1v) is 5.53. The van der Waals surface area contributed by atoms with Crippen LogP contribution in [0.2, 0.25) is 0 Å². The largest absolute Gasteiger partial charge is 0.391 e. The Labute approximate surface area is 96.3 Å². The zero-order valence-electron chi connectivity index (χ0n) is 10.3. The van der Waals surface area contributed by atoms with Gasteiger partial charge in [0.15, 0.2) is 0 Å². The molecule has 16 heavy (non-hydrogen) atoms. The number of hydrogen-bond acceptors (Lipinski definition) is 5. The number of nitrogens with one attached hydrogen (secondary N) is 2. The lowest BCUT2D eigenvalue weighted by atomic mass is 10.2. The second-order valence-corrected chi connectivity index (χ2v) is 3.79. The van der Waals surface area contributed by atoms with Crippen LogP contribution in [0, 0.1) is 13.8 Å². The van der Waals surface area contributed by atoms with E-state index in [2.05, 4.69) is 20.6 Å². The smallest absolute Gasteiger partial charge is 0.134 e. The van der Waals surface area contributed by atoms with Gasteiger partial charge in [-0.05, 0) is 20.3 Å². The van der Waals surface area contributed by atoms with Gasteiger partial charge < -0.3 is 15.7 Å². The fraction of sp³-hybridized carbons (Fsp3) is 0.636. The molecule has 1 atom stereocenters. The van der Waals surface area contributed by atoms with Crippen LogP contribution in [0.15, 0.2) is 0 Å². The molecule has 1 heterocycles.